The van der Waals surface area contributed by atoms with Crippen LogP contribution in [0.5, 0.6) is 0 Å². The Bertz CT molecular complexity index is 1460. The van der Waals surface area contributed by atoms with Gasteiger partial charge in [0.25, 0.3) is 5.91 Å². The van der Waals surface area contributed by atoms with Gasteiger partial charge in [0.1, 0.15) is 0 Å². The number of carbonyl (C=O) groups excluding carboxylic acids is 2. The van der Waals surface area contributed by atoms with Crippen LogP contribution in [0.1, 0.15) is 21.5 Å². The van der Waals surface area contributed by atoms with Crippen molar-refractivity contribution < 1.29 is 14.3 Å². The van der Waals surface area contributed by atoms with Gasteiger partial charge in [-0.15, -0.1) is 0 Å². The van der Waals surface area contributed by atoms with Gasteiger partial charge in [0, 0.05) is 35.7 Å². The molecule has 4 aromatic rings. The topological polar surface area (TPSA) is 101 Å². The number of ether oxygens (including phenoxy) is 1. The van der Waals surface area contributed by atoms with Crippen LogP contribution in [0.4, 0.5) is 27.5 Å². The van der Waals surface area contributed by atoms with E-state index >= 15 is 0 Å². The van der Waals surface area contributed by atoms with Gasteiger partial charge in [-0.05, 0) is 73.5 Å². The molecule has 1 aromatic heterocycles. The summed E-state index contributed by atoms with van der Waals surface area (Å²) in [5, 5.41) is 12.9. The van der Waals surface area contributed by atoms with E-state index in [0.29, 0.717) is 22.6 Å². The molecule has 1 aliphatic heterocycles. The molecule has 1 aliphatic rings. The summed E-state index contributed by atoms with van der Waals surface area (Å²) < 4.78 is 7.06. The maximum Gasteiger partial charge on any atom is 0.323 e. The highest BCUT2D eigenvalue weighted by Crippen LogP contribution is 2.25. The number of aryl methyl sites for hydroxylation is 2. The first-order valence-electron chi connectivity index (χ1n) is 12.5. The highest BCUT2D eigenvalue weighted by molar-refractivity contribution is 6.04. The number of rotatable bonds is 6. The summed E-state index contributed by atoms with van der Waals surface area (Å²) in [6.45, 7) is 7.19. The average Bonchev–Trinajstić information content (AvgIpc) is 3.37. The smallest absolute Gasteiger partial charge is 0.323 e. The van der Waals surface area contributed by atoms with E-state index in [1.807, 2.05) is 62.4 Å². The number of urea groups is 1. The standard InChI is InChI=1S/C29H30N6O3/c1-20-5-3-7-23(15-20)32-29(37)33-25-18-30-35(19-25)26-8-4-6-22(17-26)28(36)31-24-9-10-27(21(2)16-24)34-11-13-38-14-12-34/h3-10,15-19H,11-14H2,1-2H3,(H,31,36)(H2,32,33,37). The van der Waals surface area contributed by atoms with Crippen molar-refractivity contribution in [3.63, 3.8) is 0 Å². The molecule has 2 heterocycles. The van der Waals surface area contributed by atoms with E-state index < -0.39 is 0 Å². The molecule has 3 N–H and O–H groups in total. The predicted octanol–water partition coefficient (Wildman–Crippen LogP) is 5.22. The van der Waals surface area contributed by atoms with Crippen LogP contribution in [-0.4, -0.2) is 48.0 Å². The molecule has 9 nitrogen and oxygen atoms in total. The first-order chi connectivity index (χ1) is 18.4. The molecule has 0 unspecified atom stereocenters. The fourth-order valence-electron chi connectivity index (χ4n) is 4.43. The Morgan fingerprint density at radius 3 is 2.39 bits per heavy atom. The van der Waals surface area contributed by atoms with Crippen LogP contribution in [0, 0.1) is 13.8 Å². The van der Waals surface area contributed by atoms with Gasteiger partial charge in [-0.1, -0.05) is 18.2 Å². The van der Waals surface area contributed by atoms with Gasteiger partial charge in [-0.25, -0.2) is 9.48 Å². The average molecular weight is 511 g/mol. The normalized spacial score (nSPS) is 13.2. The van der Waals surface area contributed by atoms with E-state index in [9.17, 15) is 9.59 Å². The van der Waals surface area contributed by atoms with Crippen molar-refractivity contribution >= 4 is 34.7 Å². The molecule has 0 bridgehead atoms. The number of anilines is 4. The molecule has 0 atom stereocenters. The zero-order chi connectivity index (χ0) is 26.5. The fraction of sp³-hybridized carbons (Fsp3) is 0.207. The van der Waals surface area contributed by atoms with Crippen LogP contribution < -0.4 is 20.9 Å². The molecule has 0 saturated carbocycles. The highest BCUT2D eigenvalue weighted by atomic mass is 16.5. The Labute approximate surface area is 221 Å². The molecule has 38 heavy (non-hydrogen) atoms. The molecule has 194 valence electrons. The van der Waals surface area contributed by atoms with Crippen LogP contribution in [0.2, 0.25) is 0 Å². The second-order valence-electron chi connectivity index (χ2n) is 9.23. The lowest BCUT2D eigenvalue weighted by molar-refractivity contribution is 0.102. The van der Waals surface area contributed by atoms with Crippen LogP contribution >= 0.6 is 0 Å². The largest absolute Gasteiger partial charge is 0.378 e. The third-order valence-electron chi connectivity index (χ3n) is 6.30. The van der Waals surface area contributed by atoms with Crippen LogP contribution in [-0.2, 0) is 4.74 Å². The summed E-state index contributed by atoms with van der Waals surface area (Å²) in [6.07, 6.45) is 3.25. The monoisotopic (exact) mass is 510 g/mol. The van der Waals surface area contributed by atoms with Gasteiger partial charge in [-0.3, -0.25) is 4.79 Å². The quantitative estimate of drug-likeness (QED) is 0.330. The van der Waals surface area contributed by atoms with E-state index in [1.165, 1.54) is 0 Å². The summed E-state index contributed by atoms with van der Waals surface area (Å²) >= 11 is 0. The van der Waals surface area contributed by atoms with E-state index in [1.54, 1.807) is 35.3 Å². The Morgan fingerprint density at radius 1 is 0.842 bits per heavy atom. The number of carbonyl (C=O) groups is 2. The summed E-state index contributed by atoms with van der Waals surface area (Å²) in [5.74, 6) is -0.214. The molecule has 9 heteroatoms. The lowest BCUT2D eigenvalue weighted by Crippen LogP contribution is -2.36. The van der Waals surface area contributed by atoms with Crippen LogP contribution in [0.25, 0.3) is 5.69 Å². The summed E-state index contributed by atoms with van der Waals surface area (Å²) in [7, 11) is 0. The van der Waals surface area contributed by atoms with Crippen molar-refractivity contribution in [2.24, 2.45) is 0 Å². The van der Waals surface area contributed by atoms with E-state index in [2.05, 4.69) is 25.9 Å². The maximum absolute atomic E-state index is 13.0. The van der Waals surface area contributed by atoms with Gasteiger partial charge in [0.15, 0.2) is 0 Å². The third-order valence-corrected chi connectivity index (χ3v) is 6.30. The molecule has 0 radical (unpaired) electrons. The third kappa shape index (κ3) is 6.01. The molecule has 3 aromatic carbocycles. The minimum Gasteiger partial charge on any atom is -0.378 e. The van der Waals surface area contributed by atoms with E-state index in [4.69, 9.17) is 4.74 Å². The first-order valence-corrected chi connectivity index (χ1v) is 12.5. The number of hydrogen-bond donors (Lipinski definition) is 3. The molecule has 1 fully saturated rings. The van der Waals surface area contributed by atoms with Crippen LogP contribution in [0.15, 0.2) is 79.1 Å². The van der Waals surface area contributed by atoms with E-state index in [0.717, 1.165) is 48.8 Å². The Balaban J connectivity index is 1.23. The Morgan fingerprint density at radius 2 is 1.61 bits per heavy atom. The molecular formula is C29H30N6O3. The Hall–Kier alpha value is -4.63. The van der Waals surface area contributed by atoms with Gasteiger partial charge < -0.3 is 25.6 Å². The summed E-state index contributed by atoms with van der Waals surface area (Å²) in [6, 6.07) is 20.3. The lowest BCUT2D eigenvalue weighted by Gasteiger charge is -2.30. The number of hydrogen-bond acceptors (Lipinski definition) is 5. The van der Waals surface area contributed by atoms with Crippen LogP contribution in [0.3, 0.4) is 0 Å². The Kier molecular flexibility index (Phi) is 7.37. The number of morpholine rings is 1. The van der Waals surface area contributed by atoms with Crippen molar-refractivity contribution in [2.75, 3.05) is 47.2 Å². The lowest BCUT2D eigenvalue weighted by atomic mass is 10.1. The molecule has 0 aliphatic carbocycles. The number of nitrogens with zero attached hydrogens (tertiary/aromatic N) is 3. The predicted molar refractivity (Wildman–Crippen MR) is 150 cm³/mol. The first kappa shape index (κ1) is 25.0. The minimum atomic E-state index is -0.363. The van der Waals surface area contributed by atoms with Gasteiger partial charge in [0.05, 0.1) is 37.0 Å². The highest BCUT2D eigenvalue weighted by Gasteiger charge is 2.15. The molecular weight excluding hydrogens is 480 g/mol. The van der Waals surface area contributed by atoms with E-state index in [-0.39, 0.29) is 11.9 Å². The van der Waals surface area contributed by atoms with Gasteiger partial charge in [0.2, 0.25) is 0 Å². The summed E-state index contributed by atoms with van der Waals surface area (Å²) in [5.41, 5.74) is 6.48. The summed E-state index contributed by atoms with van der Waals surface area (Å²) in [4.78, 5) is 27.7. The number of nitrogens with one attached hydrogen (secondary N) is 3. The fourth-order valence-corrected chi connectivity index (χ4v) is 4.43. The molecule has 5 rings (SSSR count). The van der Waals surface area contributed by atoms with Crippen molar-refractivity contribution in [2.45, 2.75) is 13.8 Å². The van der Waals surface area contributed by atoms with Crippen molar-refractivity contribution in [3.8, 4) is 5.69 Å². The SMILES string of the molecule is Cc1cccc(NC(=O)Nc2cnn(-c3cccc(C(=O)Nc4ccc(N5CCOCC5)c(C)c4)c3)c2)c1. The number of aromatic nitrogens is 2. The molecule has 0 spiro atoms. The second-order valence-corrected chi connectivity index (χ2v) is 9.23. The molecule has 3 amide bonds. The zero-order valence-corrected chi connectivity index (χ0v) is 21.4. The number of amides is 3. The van der Waals surface area contributed by atoms with Crippen molar-refractivity contribution in [3.05, 3.63) is 95.8 Å². The van der Waals surface area contributed by atoms with Gasteiger partial charge >= 0.3 is 6.03 Å². The maximum atomic E-state index is 13.0. The number of benzene rings is 3. The second kappa shape index (κ2) is 11.2. The van der Waals surface area contributed by atoms with Crippen molar-refractivity contribution in [1.29, 1.82) is 0 Å². The zero-order valence-electron chi connectivity index (χ0n) is 21.4. The van der Waals surface area contributed by atoms with Gasteiger partial charge in [-0.2, -0.15) is 5.10 Å². The van der Waals surface area contributed by atoms with Crippen molar-refractivity contribution in [1.82, 2.24) is 9.78 Å². The molecule has 1 saturated heterocycles. The minimum absolute atomic E-state index is 0.214.